The third-order valence-corrected chi connectivity index (χ3v) is 1.37. The van der Waals surface area contributed by atoms with Crippen LogP contribution in [0, 0.1) is 0 Å². The van der Waals surface area contributed by atoms with Crippen molar-refractivity contribution in [3.05, 3.63) is 24.3 Å². The fraction of sp³-hybridized carbons (Fsp3) is 0.500. The van der Waals surface area contributed by atoms with Gasteiger partial charge in [0.1, 0.15) is 0 Å². The first-order valence-electron chi connectivity index (χ1n) is 3.44. The van der Waals surface area contributed by atoms with Crippen LogP contribution in [0.1, 0.15) is 25.7 Å². The summed E-state index contributed by atoms with van der Waals surface area (Å²) in [7, 11) is 0. The molecule has 0 bridgehead atoms. The zero-order chi connectivity index (χ0) is 7.66. The summed E-state index contributed by atoms with van der Waals surface area (Å²) in [6.07, 6.45) is 14.0. The van der Waals surface area contributed by atoms with Crippen LogP contribution in [0.4, 0.5) is 0 Å². The second kappa shape index (κ2) is 9.61. The molecule has 0 aliphatic heterocycles. The van der Waals surface area contributed by atoms with E-state index in [1.165, 1.54) is 25.7 Å². The van der Waals surface area contributed by atoms with Gasteiger partial charge in [-0.2, -0.15) is 0 Å². The monoisotopic (exact) mass is 380 g/mol. The summed E-state index contributed by atoms with van der Waals surface area (Å²) < 4.78 is 0. The molecular weight excluding hydrogens is 368 g/mol. The maximum atomic E-state index is 2.94. The molecule has 10 heavy (non-hydrogen) atoms. The van der Waals surface area contributed by atoms with Crippen molar-refractivity contribution >= 4 is 13.5 Å². The molecule has 0 spiro atoms. The maximum absolute atomic E-state index is 2.94. The summed E-state index contributed by atoms with van der Waals surface area (Å²) in [6, 6.07) is 0. The van der Waals surface area contributed by atoms with Gasteiger partial charge in [-0.3, -0.25) is 0 Å². The summed E-state index contributed by atoms with van der Waals surface area (Å²) in [5.41, 5.74) is 0. The molecule has 60 valence electrons. The van der Waals surface area contributed by atoms with Gasteiger partial charge in [0.2, 0.25) is 0 Å². The Labute approximate surface area is 80.2 Å². The molecule has 0 fully saturated rings. The third kappa shape index (κ3) is 6.73. The van der Waals surface area contributed by atoms with Crippen LogP contribution in [0.3, 0.4) is 0 Å². The number of hydrogen-bond acceptors (Lipinski definition) is 0. The second-order valence-corrected chi connectivity index (χ2v) is 2.14. The van der Waals surface area contributed by atoms with Crippen molar-refractivity contribution in [2.45, 2.75) is 25.7 Å². The first kappa shape index (κ1) is 10.6. The van der Waals surface area contributed by atoms with Gasteiger partial charge < -0.3 is 0 Å². The molecular formula is C8H12BrIr. The molecule has 0 saturated carbocycles. The fourth-order valence-electron chi connectivity index (χ4n) is 0.874. The molecule has 0 aromatic carbocycles. The van der Waals surface area contributed by atoms with E-state index in [2.05, 4.69) is 37.8 Å². The quantitative estimate of drug-likeness (QED) is 0.603. The number of rotatable bonds is 0. The van der Waals surface area contributed by atoms with E-state index in [0.717, 1.165) is 0 Å². The molecule has 0 heterocycles. The molecule has 0 unspecified atom stereocenters. The standard InChI is InChI=1S/C8H12.BrH.Ir/c1-2-4-6-8-7-5-3-1;;/h1-4H,5-8H2;1H;/q;;+1/p-1/b3-1-,4-2-;;. The summed E-state index contributed by atoms with van der Waals surface area (Å²) in [5.74, 6) is 0. The van der Waals surface area contributed by atoms with Crippen molar-refractivity contribution < 1.29 is 16.9 Å². The molecule has 1 aliphatic rings. The van der Waals surface area contributed by atoms with Crippen LogP contribution >= 0.6 is 13.5 Å². The van der Waals surface area contributed by atoms with Crippen molar-refractivity contribution in [3.8, 4) is 0 Å². The average molecular weight is 380 g/mol. The average Bonchev–Trinajstić information content (AvgIpc) is 1.90. The Balaban J connectivity index is 0.000000371. The van der Waals surface area contributed by atoms with Crippen molar-refractivity contribution in [1.29, 1.82) is 0 Å². The van der Waals surface area contributed by atoms with Crippen LogP contribution in [0.15, 0.2) is 24.3 Å². The van der Waals surface area contributed by atoms with E-state index in [-0.39, 0.29) is 0 Å². The zero-order valence-corrected chi connectivity index (χ0v) is 9.83. The summed E-state index contributed by atoms with van der Waals surface area (Å²) in [5, 5.41) is 0. The Morgan fingerprint density at radius 3 is 1.70 bits per heavy atom. The predicted molar refractivity (Wildman–Crippen MR) is 45.7 cm³/mol. The number of halogens is 1. The second-order valence-electron chi connectivity index (χ2n) is 2.14. The molecule has 0 aromatic rings. The van der Waals surface area contributed by atoms with Gasteiger partial charge in [0, 0.05) is 0 Å². The van der Waals surface area contributed by atoms with E-state index in [1.54, 1.807) is 0 Å². The van der Waals surface area contributed by atoms with Crippen molar-refractivity contribution in [2.24, 2.45) is 0 Å². The molecule has 0 atom stereocenters. The number of allylic oxidation sites excluding steroid dienone is 4. The number of hydrogen-bond donors (Lipinski definition) is 0. The first-order valence-corrected chi connectivity index (χ1v) is 8.68. The minimum atomic E-state index is 1.27. The Hall–Kier alpha value is 0.609. The van der Waals surface area contributed by atoms with Gasteiger partial charge in [-0.05, 0) is 25.7 Å². The van der Waals surface area contributed by atoms with Crippen molar-refractivity contribution in [2.75, 3.05) is 0 Å². The molecule has 0 nitrogen and oxygen atoms in total. The van der Waals surface area contributed by atoms with E-state index >= 15 is 0 Å². The molecule has 2 heteroatoms. The van der Waals surface area contributed by atoms with Crippen LogP contribution < -0.4 is 0 Å². The topological polar surface area (TPSA) is 0 Å². The van der Waals surface area contributed by atoms with Crippen molar-refractivity contribution in [3.63, 3.8) is 0 Å². The Bertz CT molecular complexity index is 93.8. The fourth-order valence-corrected chi connectivity index (χ4v) is 0.874. The zero-order valence-electron chi connectivity index (χ0n) is 5.85. The van der Waals surface area contributed by atoms with Gasteiger partial charge in [-0.1, -0.05) is 24.3 Å². The van der Waals surface area contributed by atoms with Gasteiger partial charge in [0.25, 0.3) is 0 Å². The van der Waals surface area contributed by atoms with E-state index in [0.29, 0.717) is 0 Å². The van der Waals surface area contributed by atoms with Crippen molar-refractivity contribution in [1.82, 2.24) is 0 Å². The molecule has 0 N–H and O–H groups in total. The van der Waals surface area contributed by atoms with E-state index in [9.17, 15) is 0 Å². The molecule has 0 saturated heterocycles. The van der Waals surface area contributed by atoms with Gasteiger partial charge in [0.05, 0.1) is 0 Å². The normalized spacial score (nSPS) is 23.1. The first-order chi connectivity index (χ1) is 5.00. The molecule has 1 aliphatic carbocycles. The van der Waals surface area contributed by atoms with E-state index in [4.69, 9.17) is 0 Å². The summed E-state index contributed by atoms with van der Waals surface area (Å²) in [4.78, 5) is 0. The van der Waals surface area contributed by atoms with Gasteiger partial charge >= 0.3 is 30.4 Å². The van der Waals surface area contributed by atoms with Gasteiger partial charge in [0.15, 0.2) is 0 Å². The Morgan fingerprint density at radius 2 is 1.30 bits per heavy atom. The van der Waals surface area contributed by atoms with Crippen LogP contribution in [0.25, 0.3) is 0 Å². The molecule has 0 aromatic heterocycles. The summed E-state index contributed by atoms with van der Waals surface area (Å²) >= 11 is 4.75. The Kier molecular flexibility index (Phi) is 10.2. The third-order valence-electron chi connectivity index (χ3n) is 1.37. The SMILES string of the molecule is C1=C\CCCC\C=C/1.[Br][Ir]. The minimum absolute atomic E-state index is 1.27. The molecule has 1 rings (SSSR count). The Morgan fingerprint density at radius 1 is 0.900 bits per heavy atom. The van der Waals surface area contributed by atoms with E-state index in [1.807, 2.05) is 16.9 Å². The van der Waals surface area contributed by atoms with Crippen LogP contribution in [0.2, 0.25) is 0 Å². The van der Waals surface area contributed by atoms with Crippen LogP contribution in [-0.4, -0.2) is 0 Å². The van der Waals surface area contributed by atoms with Crippen LogP contribution in [-0.2, 0) is 16.9 Å². The summed E-state index contributed by atoms with van der Waals surface area (Å²) in [6.45, 7) is 0. The van der Waals surface area contributed by atoms with E-state index < -0.39 is 0 Å². The van der Waals surface area contributed by atoms with Gasteiger partial charge in [-0.25, -0.2) is 0 Å². The van der Waals surface area contributed by atoms with Gasteiger partial charge in [-0.15, -0.1) is 0 Å². The molecule has 0 amide bonds. The predicted octanol–water partition coefficient (Wildman–Crippen LogP) is 3.52. The van der Waals surface area contributed by atoms with Crippen LogP contribution in [0.5, 0.6) is 0 Å². The molecule has 0 radical (unpaired) electrons.